The van der Waals surface area contributed by atoms with Gasteiger partial charge in [-0.15, -0.1) is 0 Å². The van der Waals surface area contributed by atoms with Crippen LogP contribution in [0.4, 0.5) is 0 Å². The summed E-state index contributed by atoms with van der Waals surface area (Å²) in [6.07, 6.45) is 9.57. The summed E-state index contributed by atoms with van der Waals surface area (Å²) < 4.78 is 6.15. The maximum Gasteiger partial charge on any atom is 0.242 e. The fraction of sp³-hybridized carbons (Fsp3) is 0.733. The van der Waals surface area contributed by atoms with Gasteiger partial charge in [-0.1, -0.05) is 32.8 Å². The van der Waals surface area contributed by atoms with Gasteiger partial charge in [0.05, 0.1) is 5.76 Å². The van der Waals surface area contributed by atoms with Crippen molar-refractivity contribution in [3.63, 3.8) is 0 Å². The van der Waals surface area contributed by atoms with Crippen LogP contribution in [0.1, 0.15) is 46.5 Å². The van der Waals surface area contributed by atoms with Gasteiger partial charge in [0.2, 0.25) is 8.32 Å². The second-order valence-electron chi connectivity index (χ2n) is 6.83. The van der Waals surface area contributed by atoms with Gasteiger partial charge in [-0.2, -0.15) is 0 Å². The minimum absolute atomic E-state index is 0.257. The van der Waals surface area contributed by atoms with Gasteiger partial charge in [-0.25, -0.2) is 0 Å². The van der Waals surface area contributed by atoms with E-state index in [0.717, 1.165) is 5.76 Å². The Morgan fingerprint density at radius 2 is 1.94 bits per heavy atom. The molecule has 1 aliphatic rings. The van der Waals surface area contributed by atoms with E-state index in [1.165, 1.54) is 25.7 Å². The molecule has 1 rings (SSSR count). The zero-order chi connectivity index (χ0) is 13.1. The quantitative estimate of drug-likeness (QED) is 0.606. The van der Waals surface area contributed by atoms with Gasteiger partial charge in [0.15, 0.2) is 0 Å². The van der Waals surface area contributed by atoms with E-state index in [9.17, 15) is 0 Å². The summed E-state index contributed by atoms with van der Waals surface area (Å²) in [7, 11) is -1.48. The highest BCUT2D eigenvalue weighted by molar-refractivity contribution is 6.70. The van der Waals surface area contributed by atoms with Gasteiger partial charge in [-0.3, -0.25) is 0 Å². The SMILES string of the molecule is CCCCC1=CC(O[Si](C)(C)C)=CC(C)(C)C1. The normalized spacial score (nSPS) is 19.6. The van der Waals surface area contributed by atoms with Crippen molar-refractivity contribution in [3.8, 4) is 0 Å². The molecular weight excluding hydrogens is 224 g/mol. The molecule has 0 saturated carbocycles. The van der Waals surface area contributed by atoms with E-state index in [4.69, 9.17) is 4.43 Å². The Bertz CT molecular complexity index is 318. The smallest absolute Gasteiger partial charge is 0.242 e. The predicted octanol–water partition coefficient (Wildman–Crippen LogP) is 5.27. The Balaban J connectivity index is 2.79. The Kier molecular flexibility index (Phi) is 4.65. The average molecular weight is 252 g/mol. The molecule has 17 heavy (non-hydrogen) atoms. The van der Waals surface area contributed by atoms with Crippen molar-refractivity contribution in [2.24, 2.45) is 5.41 Å². The van der Waals surface area contributed by atoms with Crippen molar-refractivity contribution >= 4 is 8.32 Å². The van der Waals surface area contributed by atoms with Crippen molar-refractivity contribution in [1.82, 2.24) is 0 Å². The second-order valence-corrected chi connectivity index (χ2v) is 11.3. The molecule has 0 aromatic carbocycles. The minimum Gasteiger partial charge on any atom is -0.545 e. The molecule has 2 heteroatoms. The van der Waals surface area contributed by atoms with Gasteiger partial charge in [-0.05, 0) is 56.5 Å². The van der Waals surface area contributed by atoms with Gasteiger partial charge in [0.25, 0.3) is 0 Å². The van der Waals surface area contributed by atoms with Crippen LogP contribution < -0.4 is 0 Å². The van der Waals surface area contributed by atoms with E-state index in [-0.39, 0.29) is 5.41 Å². The lowest BCUT2D eigenvalue weighted by Crippen LogP contribution is -2.26. The van der Waals surface area contributed by atoms with E-state index in [1.54, 1.807) is 5.57 Å². The van der Waals surface area contributed by atoms with Crippen LogP contribution >= 0.6 is 0 Å². The van der Waals surface area contributed by atoms with Gasteiger partial charge >= 0.3 is 0 Å². The molecule has 0 atom stereocenters. The number of allylic oxidation sites excluding steroid dienone is 3. The van der Waals surface area contributed by atoms with Crippen molar-refractivity contribution in [1.29, 1.82) is 0 Å². The Morgan fingerprint density at radius 1 is 1.29 bits per heavy atom. The predicted molar refractivity (Wildman–Crippen MR) is 78.5 cm³/mol. The molecule has 0 N–H and O–H groups in total. The third-order valence-electron chi connectivity index (χ3n) is 2.84. The monoisotopic (exact) mass is 252 g/mol. The second kappa shape index (κ2) is 5.43. The van der Waals surface area contributed by atoms with Crippen molar-refractivity contribution < 1.29 is 4.43 Å². The van der Waals surface area contributed by atoms with Crippen LogP contribution in [-0.2, 0) is 4.43 Å². The average Bonchev–Trinajstić information content (AvgIpc) is 2.09. The van der Waals surface area contributed by atoms with Crippen LogP contribution in [-0.4, -0.2) is 8.32 Å². The first-order valence-corrected chi connectivity index (χ1v) is 10.2. The van der Waals surface area contributed by atoms with Crippen molar-refractivity contribution in [2.75, 3.05) is 0 Å². The molecule has 0 unspecified atom stereocenters. The maximum atomic E-state index is 6.15. The summed E-state index contributed by atoms with van der Waals surface area (Å²) in [5.41, 5.74) is 1.82. The zero-order valence-electron chi connectivity index (χ0n) is 12.4. The highest BCUT2D eigenvalue weighted by atomic mass is 28.4. The summed E-state index contributed by atoms with van der Waals surface area (Å²) in [6, 6.07) is 0. The van der Waals surface area contributed by atoms with Crippen LogP contribution in [0.15, 0.2) is 23.5 Å². The number of hydrogen-bond acceptors (Lipinski definition) is 1. The molecule has 1 aliphatic carbocycles. The molecule has 0 amide bonds. The highest BCUT2D eigenvalue weighted by Gasteiger charge is 2.25. The van der Waals surface area contributed by atoms with E-state index < -0.39 is 8.32 Å². The lowest BCUT2D eigenvalue weighted by Gasteiger charge is -2.31. The molecule has 0 fully saturated rings. The van der Waals surface area contributed by atoms with E-state index in [1.807, 2.05) is 0 Å². The fourth-order valence-corrected chi connectivity index (χ4v) is 3.12. The molecule has 0 aromatic heterocycles. The van der Waals surface area contributed by atoms with Crippen LogP contribution in [0.5, 0.6) is 0 Å². The lowest BCUT2D eigenvalue weighted by molar-refractivity contribution is 0.386. The first-order chi connectivity index (χ1) is 7.72. The molecule has 0 radical (unpaired) electrons. The summed E-state index contributed by atoms with van der Waals surface area (Å²) in [5.74, 6) is 1.12. The summed E-state index contributed by atoms with van der Waals surface area (Å²) >= 11 is 0. The van der Waals surface area contributed by atoms with Gasteiger partial charge < -0.3 is 4.43 Å². The Labute approximate surface area is 108 Å². The van der Waals surface area contributed by atoms with Crippen LogP contribution in [0.25, 0.3) is 0 Å². The maximum absolute atomic E-state index is 6.15. The molecule has 0 aliphatic heterocycles. The molecule has 98 valence electrons. The van der Waals surface area contributed by atoms with E-state index in [2.05, 4.69) is 52.6 Å². The molecule has 0 aromatic rings. The highest BCUT2D eigenvalue weighted by Crippen LogP contribution is 2.36. The number of hydrogen-bond donors (Lipinski definition) is 0. The molecular formula is C15H28OSi. The molecule has 1 nitrogen and oxygen atoms in total. The summed E-state index contributed by atoms with van der Waals surface area (Å²) in [4.78, 5) is 0. The van der Waals surface area contributed by atoms with Crippen LogP contribution in [0.3, 0.4) is 0 Å². The van der Waals surface area contributed by atoms with Crippen molar-refractivity contribution in [2.45, 2.75) is 66.1 Å². The summed E-state index contributed by atoms with van der Waals surface area (Å²) in [5, 5.41) is 0. The van der Waals surface area contributed by atoms with Crippen molar-refractivity contribution in [3.05, 3.63) is 23.5 Å². The Hall–Kier alpha value is -0.503. The van der Waals surface area contributed by atoms with Gasteiger partial charge in [0, 0.05) is 0 Å². The molecule has 0 saturated heterocycles. The molecule has 0 heterocycles. The van der Waals surface area contributed by atoms with E-state index >= 15 is 0 Å². The number of unbranched alkanes of at least 4 members (excludes halogenated alkanes) is 1. The molecule has 0 spiro atoms. The first-order valence-electron chi connectivity index (χ1n) is 6.83. The first kappa shape index (κ1) is 14.6. The number of rotatable bonds is 5. The third kappa shape index (κ3) is 5.58. The van der Waals surface area contributed by atoms with Crippen LogP contribution in [0.2, 0.25) is 19.6 Å². The largest absolute Gasteiger partial charge is 0.545 e. The standard InChI is InChI=1S/C15H28OSi/c1-7-8-9-13-10-14(16-17(4,5)6)12-15(2,3)11-13/h10,12H,7-9,11H2,1-6H3. The topological polar surface area (TPSA) is 9.23 Å². The molecule has 0 bridgehead atoms. The van der Waals surface area contributed by atoms with Crippen LogP contribution in [0, 0.1) is 5.41 Å². The zero-order valence-corrected chi connectivity index (χ0v) is 13.4. The Morgan fingerprint density at radius 3 is 2.47 bits per heavy atom. The lowest BCUT2D eigenvalue weighted by atomic mass is 9.80. The van der Waals surface area contributed by atoms with E-state index in [0.29, 0.717) is 0 Å². The third-order valence-corrected chi connectivity index (χ3v) is 3.69. The van der Waals surface area contributed by atoms with Gasteiger partial charge in [0.1, 0.15) is 0 Å². The summed E-state index contributed by atoms with van der Waals surface area (Å²) in [6.45, 7) is 13.6. The minimum atomic E-state index is -1.48. The fourth-order valence-electron chi connectivity index (χ4n) is 2.29.